The van der Waals surface area contributed by atoms with Gasteiger partial charge in [0, 0.05) is 23.5 Å². The summed E-state index contributed by atoms with van der Waals surface area (Å²) in [6, 6.07) is 17.9. The molecule has 1 heterocycles. The monoisotopic (exact) mass is 334 g/mol. The third-order valence-corrected chi connectivity index (χ3v) is 3.84. The van der Waals surface area contributed by atoms with Gasteiger partial charge in [0.2, 0.25) is 0 Å². The molecule has 0 fully saturated rings. The molecule has 2 N–H and O–H groups in total. The predicted octanol–water partition coefficient (Wildman–Crippen LogP) is 4.84. The number of aromatic nitrogens is 2. The lowest BCUT2D eigenvalue weighted by atomic mass is 10.1. The molecule has 0 radical (unpaired) electrons. The van der Waals surface area contributed by atoms with E-state index in [-0.39, 0.29) is 0 Å². The molecule has 0 saturated carbocycles. The Morgan fingerprint density at radius 2 is 1.68 bits per heavy atom. The minimum absolute atomic E-state index is 0.698. The summed E-state index contributed by atoms with van der Waals surface area (Å²) in [4.78, 5) is 8.96. The molecule has 0 aliphatic rings. The first-order valence-electron chi connectivity index (χ1n) is 8.29. The summed E-state index contributed by atoms with van der Waals surface area (Å²) in [6.07, 6.45) is 0.960. The van der Waals surface area contributed by atoms with Gasteiger partial charge in [-0.05, 0) is 37.1 Å². The fourth-order valence-corrected chi connectivity index (χ4v) is 2.63. The van der Waals surface area contributed by atoms with Gasteiger partial charge in [-0.15, -0.1) is 0 Å². The van der Waals surface area contributed by atoms with Crippen molar-refractivity contribution < 1.29 is 4.74 Å². The number of nitrogens with one attached hydrogen (secondary N) is 2. The number of anilines is 4. The molecule has 5 nitrogen and oxygen atoms in total. The maximum absolute atomic E-state index is 5.26. The van der Waals surface area contributed by atoms with Crippen LogP contribution in [-0.2, 0) is 6.42 Å². The van der Waals surface area contributed by atoms with E-state index in [2.05, 4.69) is 39.7 Å². The zero-order valence-corrected chi connectivity index (χ0v) is 14.7. The Bertz CT molecular complexity index is 864. The van der Waals surface area contributed by atoms with Crippen LogP contribution in [0.2, 0.25) is 0 Å². The van der Waals surface area contributed by atoms with E-state index in [1.165, 1.54) is 5.56 Å². The quantitative estimate of drug-likeness (QED) is 0.675. The summed E-state index contributed by atoms with van der Waals surface area (Å²) < 4.78 is 5.26. The summed E-state index contributed by atoms with van der Waals surface area (Å²) in [5.41, 5.74) is 3.23. The van der Waals surface area contributed by atoms with Crippen LogP contribution < -0.4 is 15.4 Å². The van der Waals surface area contributed by atoms with Crippen LogP contribution in [-0.4, -0.2) is 17.1 Å². The van der Waals surface area contributed by atoms with Crippen molar-refractivity contribution in [2.45, 2.75) is 20.3 Å². The molecular weight excluding hydrogens is 312 g/mol. The normalized spacial score (nSPS) is 10.4. The van der Waals surface area contributed by atoms with Gasteiger partial charge in [0.25, 0.3) is 0 Å². The highest BCUT2D eigenvalue weighted by molar-refractivity contribution is 5.65. The van der Waals surface area contributed by atoms with Gasteiger partial charge in [0.05, 0.1) is 7.11 Å². The molecule has 0 spiro atoms. The van der Waals surface area contributed by atoms with Crippen molar-refractivity contribution >= 4 is 23.0 Å². The van der Waals surface area contributed by atoms with Crippen LogP contribution in [0.1, 0.15) is 18.3 Å². The lowest BCUT2D eigenvalue weighted by molar-refractivity contribution is 0.415. The molecule has 5 heteroatoms. The molecular formula is C20H22N4O. The number of nitrogens with zero attached hydrogens (tertiary/aromatic N) is 2. The highest BCUT2D eigenvalue weighted by Crippen LogP contribution is 2.24. The molecule has 0 atom stereocenters. The molecule has 3 aromatic rings. The fourth-order valence-electron chi connectivity index (χ4n) is 2.63. The van der Waals surface area contributed by atoms with Crippen molar-refractivity contribution in [2.75, 3.05) is 17.7 Å². The summed E-state index contributed by atoms with van der Waals surface area (Å²) in [5, 5.41) is 6.70. The van der Waals surface area contributed by atoms with Gasteiger partial charge in [-0.1, -0.05) is 31.2 Å². The Balaban J connectivity index is 1.85. The van der Waals surface area contributed by atoms with Crippen molar-refractivity contribution in [3.05, 3.63) is 66.0 Å². The summed E-state index contributed by atoms with van der Waals surface area (Å²) in [7, 11) is 1.65. The van der Waals surface area contributed by atoms with Crippen LogP contribution in [0.25, 0.3) is 0 Å². The first-order chi connectivity index (χ1) is 12.2. The summed E-state index contributed by atoms with van der Waals surface area (Å²) in [6.45, 7) is 4.02. The summed E-state index contributed by atoms with van der Waals surface area (Å²) >= 11 is 0. The number of hydrogen-bond acceptors (Lipinski definition) is 5. The highest BCUT2D eigenvalue weighted by Gasteiger charge is 2.06. The molecule has 0 aliphatic heterocycles. The second kappa shape index (κ2) is 7.66. The van der Waals surface area contributed by atoms with Crippen LogP contribution >= 0.6 is 0 Å². The van der Waals surface area contributed by atoms with Gasteiger partial charge >= 0.3 is 0 Å². The van der Waals surface area contributed by atoms with E-state index in [1.807, 2.05) is 49.4 Å². The van der Waals surface area contributed by atoms with Crippen molar-refractivity contribution in [3.8, 4) is 5.75 Å². The standard InChI is InChI=1S/C20H22N4O/c1-4-15-8-5-6-11-18(15)24-20-13-19(21-14(2)22-20)23-16-9-7-10-17(12-16)25-3/h5-13H,4H2,1-3H3,(H2,21,22,23,24). The van der Waals surface area contributed by atoms with E-state index in [0.29, 0.717) is 5.82 Å². The molecule has 0 aliphatic carbocycles. The number of ether oxygens (including phenoxy) is 1. The topological polar surface area (TPSA) is 59.1 Å². The van der Waals surface area contributed by atoms with E-state index in [0.717, 1.165) is 35.2 Å². The van der Waals surface area contributed by atoms with Gasteiger partial charge in [0.1, 0.15) is 23.2 Å². The van der Waals surface area contributed by atoms with Gasteiger partial charge in [-0.25, -0.2) is 9.97 Å². The number of aryl methyl sites for hydroxylation is 2. The van der Waals surface area contributed by atoms with Crippen LogP contribution in [0.5, 0.6) is 5.75 Å². The lowest BCUT2D eigenvalue weighted by Gasteiger charge is -2.13. The fraction of sp³-hybridized carbons (Fsp3) is 0.200. The number of benzene rings is 2. The molecule has 0 saturated heterocycles. The number of rotatable bonds is 6. The number of hydrogen-bond donors (Lipinski definition) is 2. The highest BCUT2D eigenvalue weighted by atomic mass is 16.5. The third kappa shape index (κ3) is 4.26. The smallest absolute Gasteiger partial charge is 0.136 e. The second-order valence-corrected chi connectivity index (χ2v) is 5.68. The minimum Gasteiger partial charge on any atom is -0.497 e. The minimum atomic E-state index is 0.698. The Kier molecular flexibility index (Phi) is 5.14. The van der Waals surface area contributed by atoms with E-state index in [4.69, 9.17) is 4.74 Å². The molecule has 0 amide bonds. The third-order valence-electron chi connectivity index (χ3n) is 3.84. The Morgan fingerprint density at radius 3 is 2.44 bits per heavy atom. The van der Waals surface area contributed by atoms with Crippen LogP contribution in [0, 0.1) is 6.92 Å². The SMILES string of the molecule is CCc1ccccc1Nc1cc(Nc2cccc(OC)c2)nc(C)n1. The largest absolute Gasteiger partial charge is 0.497 e. The molecule has 0 unspecified atom stereocenters. The van der Waals surface area contributed by atoms with Gasteiger partial charge < -0.3 is 15.4 Å². The molecule has 0 bridgehead atoms. The Hall–Kier alpha value is -3.08. The number of methoxy groups -OCH3 is 1. The van der Waals surface area contributed by atoms with Crippen molar-refractivity contribution in [2.24, 2.45) is 0 Å². The zero-order chi connectivity index (χ0) is 17.6. The molecule has 2 aromatic carbocycles. The van der Waals surface area contributed by atoms with Crippen molar-refractivity contribution in [3.63, 3.8) is 0 Å². The van der Waals surface area contributed by atoms with E-state index in [1.54, 1.807) is 7.11 Å². The molecule has 128 valence electrons. The van der Waals surface area contributed by atoms with E-state index >= 15 is 0 Å². The average molecular weight is 334 g/mol. The van der Waals surface area contributed by atoms with Gasteiger partial charge in [-0.2, -0.15) is 0 Å². The number of para-hydroxylation sites is 1. The Morgan fingerprint density at radius 1 is 0.920 bits per heavy atom. The van der Waals surface area contributed by atoms with Gasteiger partial charge in [-0.3, -0.25) is 0 Å². The predicted molar refractivity (Wildman–Crippen MR) is 102 cm³/mol. The first-order valence-corrected chi connectivity index (χ1v) is 8.29. The Labute approximate surface area is 148 Å². The van der Waals surface area contributed by atoms with Crippen LogP contribution in [0.4, 0.5) is 23.0 Å². The molecule has 1 aromatic heterocycles. The first kappa shape index (κ1) is 16.8. The molecule has 3 rings (SSSR count). The molecule has 25 heavy (non-hydrogen) atoms. The van der Waals surface area contributed by atoms with Crippen molar-refractivity contribution in [1.82, 2.24) is 9.97 Å². The maximum atomic E-state index is 5.26. The van der Waals surface area contributed by atoms with Crippen LogP contribution in [0.15, 0.2) is 54.6 Å². The van der Waals surface area contributed by atoms with Gasteiger partial charge in [0.15, 0.2) is 0 Å². The van der Waals surface area contributed by atoms with E-state index < -0.39 is 0 Å². The second-order valence-electron chi connectivity index (χ2n) is 5.68. The maximum Gasteiger partial charge on any atom is 0.136 e. The van der Waals surface area contributed by atoms with Crippen LogP contribution in [0.3, 0.4) is 0 Å². The zero-order valence-electron chi connectivity index (χ0n) is 14.7. The average Bonchev–Trinajstić information content (AvgIpc) is 2.62. The summed E-state index contributed by atoms with van der Waals surface area (Å²) in [5.74, 6) is 2.99. The van der Waals surface area contributed by atoms with Crippen molar-refractivity contribution in [1.29, 1.82) is 0 Å². The van der Waals surface area contributed by atoms with E-state index in [9.17, 15) is 0 Å². The lowest BCUT2D eigenvalue weighted by Crippen LogP contribution is -2.02.